The van der Waals surface area contributed by atoms with Gasteiger partial charge in [-0.1, -0.05) is 19.9 Å². The average Bonchev–Trinajstić information content (AvgIpc) is 1.88. The molecule has 0 aromatic carbocycles. The highest BCUT2D eigenvalue weighted by Crippen LogP contribution is 2.06. The van der Waals surface area contributed by atoms with Crippen molar-refractivity contribution in [3.63, 3.8) is 0 Å². The quantitative estimate of drug-likeness (QED) is 0.517. The molecule has 1 nitrogen and oxygen atoms in total. The molecule has 1 aromatic rings. The fourth-order valence-corrected chi connectivity index (χ4v) is 1.14. The van der Waals surface area contributed by atoms with Gasteiger partial charge in [0.1, 0.15) is 7.05 Å². The van der Waals surface area contributed by atoms with Crippen molar-refractivity contribution in [2.24, 2.45) is 7.05 Å². The molecule has 0 saturated carbocycles. The van der Waals surface area contributed by atoms with Crippen LogP contribution < -0.4 is 4.57 Å². The Kier molecular flexibility index (Phi) is 2.05. The first-order valence-corrected chi connectivity index (χ1v) is 3.66. The van der Waals surface area contributed by atoms with Crippen molar-refractivity contribution in [1.82, 2.24) is 0 Å². The van der Waals surface area contributed by atoms with Crippen LogP contribution in [-0.4, -0.2) is 0 Å². The number of aromatic nitrogens is 1. The molecule has 1 heteroatoms. The summed E-state index contributed by atoms with van der Waals surface area (Å²) < 4.78 is 2.16. The van der Waals surface area contributed by atoms with E-state index >= 15 is 0 Å². The topological polar surface area (TPSA) is 3.88 Å². The minimum Gasteiger partial charge on any atom is -0.205 e. The normalized spacial score (nSPS) is 10.4. The minimum absolute atomic E-state index is 0.617. The van der Waals surface area contributed by atoms with Crippen LogP contribution in [0.3, 0.4) is 0 Å². The molecule has 0 fully saturated rings. The van der Waals surface area contributed by atoms with E-state index in [9.17, 15) is 0 Å². The van der Waals surface area contributed by atoms with Gasteiger partial charge in [0, 0.05) is 18.1 Å². The van der Waals surface area contributed by atoms with Crippen LogP contribution in [0.1, 0.15) is 25.5 Å². The molecule has 0 radical (unpaired) electrons. The first kappa shape index (κ1) is 7.26. The molecule has 0 N–H and O–H groups in total. The summed E-state index contributed by atoms with van der Waals surface area (Å²) in [6.07, 6.45) is 2.08. The van der Waals surface area contributed by atoms with Crippen LogP contribution in [0.4, 0.5) is 0 Å². The molecule has 54 valence electrons. The molecule has 0 atom stereocenters. The lowest BCUT2D eigenvalue weighted by atomic mass is 10.1. The van der Waals surface area contributed by atoms with Crippen molar-refractivity contribution < 1.29 is 4.57 Å². The summed E-state index contributed by atoms with van der Waals surface area (Å²) in [5.41, 5.74) is 1.38. The lowest BCUT2D eigenvalue weighted by Crippen LogP contribution is -2.33. The predicted octanol–water partition coefficient (Wildman–Crippen LogP) is 1.63. The molecular formula is C9H14N+. The standard InChI is InChI=1S/C9H14N/c1-8(2)9-6-4-5-7-10(9)3/h4-8H,1-3H3/q+1. The Bertz CT molecular complexity index is 216. The van der Waals surface area contributed by atoms with Crippen LogP contribution in [0.5, 0.6) is 0 Å². The number of nitrogens with zero attached hydrogens (tertiary/aromatic N) is 1. The zero-order chi connectivity index (χ0) is 7.56. The second-order valence-corrected chi connectivity index (χ2v) is 2.89. The third-order valence-electron chi connectivity index (χ3n) is 1.69. The number of aryl methyl sites for hydroxylation is 1. The molecule has 0 aliphatic heterocycles. The first-order chi connectivity index (χ1) is 4.72. The minimum atomic E-state index is 0.617. The van der Waals surface area contributed by atoms with Crippen LogP contribution in [0.2, 0.25) is 0 Å². The van der Waals surface area contributed by atoms with Gasteiger partial charge in [0.15, 0.2) is 11.9 Å². The first-order valence-electron chi connectivity index (χ1n) is 3.66. The van der Waals surface area contributed by atoms with Crippen molar-refractivity contribution in [2.75, 3.05) is 0 Å². The second-order valence-electron chi connectivity index (χ2n) is 2.89. The zero-order valence-corrected chi connectivity index (χ0v) is 6.83. The van der Waals surface area contributed by atoms with E-state index in [0.717, 1.165) is 0 Å². The van der Waals surface area contributed by atoms with Gasteiger partial charge in [-0.25, -0.2) is 4.57 Å². The molecule has 1 rings (SSSR count). The van der Waals surface area contributed by atoms with Crippen molar-refractivity contribution in [1.29, 1.82) is 0 Å². The third-order valence-corrected chi connectivity index (χ3v) is 1.69. The van der Waals surface area contributed by atoms with Crippen molar-refractivity contribution in [2.45, 2.75) is 19.8 Å². The fraction of sp³-hybridized carbons (Fsp3) is 0.444. The smallest absolute Gasteiger partial charge is 0.183 e. The van der Waals surface area contributed by atoms with Gasteiger partial charge in [-0.3, -0.25) is 0 Å². The van der Waals surface area contributed by atoms with Crippen molar-refractivity contribution in [3.8, 4) is 0 Å². The maximum atomic E-state index is 2.20. The van der Waals surface area contributed by atoms with Crippen molar-refractivity contribution >= 4 is 0 Å². The molecule has 0 amide bonds. The SMILES string of the molecule is CC(C)c1cccc[n+]1C. The van der Waals surface area contributed by atoms with Crippen LogP contribution in [-0.2, 0) is 7.05 Å². The Morgan fingerprint density at radius 2 is 2.00 bits per heavy atom. The van der Waals surface area contributed by atoms with Gasteiger partial charge in [0.25, 0.3) is 0 Å². The molecule has 1 aromatic heterocycles. The number of pyridine rings is 1. The van der Waals surface area contributed by atoms with E-state index in [0.29, 0.717) is 5.92 Å². The zero-order valence-electron chi connectivity index (χ0n) is 6.83. The Morgan fingerprint density at radius 1 is 1.30 bits per heavy atom. The highest BCUT2D eigenvalue weighted by Gasteiger charge is 2.07. The Labute approximate surface area is 62.3 Å². The number of rotatable bonds is 1. The van der Waals surface area contributed by atoms with Gasteiger partial charge in [-0.2, -0.15) is 0 Å². The molecule has 0 saturated heterocycles. The lowest BCUT2D eigenvalue weighted by molar-refractivity contribution is -0.680. The van der Waals surface area contributed by atoms with Crippen molar-refractivity contribution in [3.05, 3.63) is 30.1 Å². The highest BCUT2D eigenvalue weighted by molar-refractivity contribution is 5.00. The molecular weight excluding hydrogens is 122 g/mol. The van der Waals surface area contributed by atoms with Gasteiger partial charge in [-0.15, -0.1) is 0 Å². The van der Waals surface area contributed by atoms with Crippen LogP contribution in [0, 0.1) is 0 Å². The largest absolute Gasteiger partial charge is 0.205 e. The Balaban J connectivity index is 3.03. The third kappa shape index (κ3) is 1.35. The average molecular weight is 136 g/mol. The molecule has 0 aliphatic carbocycles. The lowest BCUT2D eigenvalue weighted by Gasteiger charge is -2.00. The summed E-state index contributed by atoms with van der Waals surface area (Å²) in [6.45, 7) is 4.41. The van der Waals surface area contributed by atoms with Crippen LogP contribution >= 0.6 is 0 Å². The monoisotopic (exact) mass is 136 g/mol. The van der Waals surface area contributed by atoms with Crippen LogP contribution in [0.15, 0.2) is 24.4 Å². The number of hydrogen-bond acceptors (Lipinski definition) is 0. The van der Waals surface area contributed by atoms with Crippen LogP contribution in [0.25, 0.3) is 0 Å². The van der Waals surface area contributed by atoms with E-state index < -0.39 is 0 Å². The van der Waals surface area contributed by atoms with E-state index in [-0.39, 0.29) is 0 Å². The molecule has 0 spiro atoms. The second kappa shape index (κ2) is 2.82. The Morgan fingerprint density at radius 3 is 2.40 bits per heavy atom. The highest BCUT2D eigenvalue weighted by atomic mass is 14.9. The number of hydrogen-bond donors (Lipinski definition) is 0. The van der Waals surface area contributed by atoms with E-state index in [4.69, 9.17) is 0 Å². The van der Waals surface area contributed by atoms with E-state index in [1.807, 2.05) is 6.07 Å². The van der Waals surface area contributed by atoms with Gasteiger partial charge in [0.2, 0.25) is 0 Å². The summed E-state index contributed by atoms with van der Waals surface area (Å²) >= 11 is 0. The summed E-state index contributed by atoms with van der Waals surface area (Å²) in [5.74, 6) is 0.617. The van der Waals surface area contributed by atoms with Gasteiger partial charge >= 0.3 is 0 Å². The van der Waals surface area contributed by atoms with Gasteiger partial charge < -0.3 is 0 Å². The molecule has 10 heavy (non-hydrogen) atoms. The fourth-order valence-electron chi connectivity index (χ4n) is 1.14. The molecule has 1 heterocycles. The van der Waals surface area contributed by atoms with E-state index in [1.54, 1.807) is 0 Å². The van der Waals surface area contributed by atoms with E-state index in [1.165, 1.54) is 5.69 Å². The molecule has 0 aliphatic rings. The summed E-state index contributed by atoms with van der Waals surface area (Å²) in [7, 11) is 2.08. The predicted molar refractivity (Wildman–Crippen MR) is 41.7 cm³/mol. The molecule has 0 unspecified atom stereocenters. The van der Waals surface area contributed by atoms with E-state index in [2.05, 4.69) is 43.8 Å². The van der Waals surface area contributed by atoms with Gasteiger partial charge in [-0.05, 0) is 0 Å². The summed E-state index contributed by atoms with van der Waals surface area (Å²) in [5, 5.41) is 0. The maximum absolute atomic E-state index is 2.20. The summed E-state index contributed by atoms with van der Waals surface area (Å²) in [6, 6.07) is 6.28. The Hall–Kier alpha value is -0.850. The van der Waals surface area contributed by atoms with Gasteiger partial charge in [0.05, 0.1) is 0 Å². The molecule has 0 bridgehead atoms. The maximum Gasteiger partial charge on any atom is 0.183 e. The summed E-state index contributed by atoms with van der Waals surface area (Å²) in [4.78, 5) is 0.